The molecule has 0 amide bonds. The fourth-order valence-electron chi connectivity index (χ4n) is 4.02. The van der Waals surface area contributed by atoms with Gasteiger partial charge in [-0.05, 0) is 6.42 Å². The van der Waals surface area contributed by atoms with Crippen molar-refractivity contribution >= 4 is 16.1 Å². The van der Waals surface area contributed by atoms with Crippen molar-refractivity contribution in [1.29, 1.82) is 0 Å². The molecule has 6 nitrogen and oxygen atoms in total. The van der Waals surface area contributed by atoms with E-state index in [0.717, 1.165) is 12.8 Å². The topological polar surface area (TPSA) is 85.2 Å². The van der Waals surface area contributed by atoms with Gasteiger partial charge in [0.15, 0.2) is 6.10 Å². The van der Waals surface area contributed by atoms with Crippen molar-refractivity contribution in [2.75, 3.05) is 13.2 Å². The molecule has 1 rings (SSSR count). The third-order valence-corrected chi connectivity index (χ3v) is 6.22. The minimum Gasteiger partial charge on any atom is -0.394 e. The van der Waals surface area contributed by atoms with Gasteiger partial charge in [0.05, 0.1) is 6.61 Å². The Morgan fingerprint density at radius 3 is 1.73 bits per heavy atom. The molecule has 2 N–H and O–H groups in total. The molecule has 1 aliphatic rings. The maximum atomic E-state index is 11.0. The van der Waals surface area contributed by atoms with Gasteiger partial charge in [0.25, 0.3) is 0 Å². The van der Waals surface area contributed by atoms with Crippen LogP contribution < -0.4 is 0 Å². The summed E-state index contributed by atoms with van der Waals surface area (Å²) in [6, 6.07) is -0.765. The summed E-state index contributed by atoms with van der Waals surface area (Å²) in [5, 5.41) is 9.30. The van der Waals surface area contributed by atoms with Crippen LogP contribution in [0.5, 0.6) is 0 Å². The molecule has 0 aromatic carbocycles. The molecule has 1 heterocycles. The first-order valence-electron chi connectivity index (χ1n) is 12.1. The molecule has 2 radical (unpaired) electrons. The monoisotopic (exact) mass is 445 g/mol. The van der Waals surface area contributed by atoms with Gasteiger partial charge in [-0.1, -0.05) is 96.8 Å². The first-order chi connectivity index (χ1) is 14.6. The second-order valence-electron chi connectivity index (χ2n) is 8.41. The molecule has 1 fully saturated rings. The van der Waals surface area contributed by atoms with Crippen molar-refractivity contribution in [3.8, 4) is 0 Å². The van der Waals surface area contributed by atoms with E-state index in [1.54, 1.807) is 0 Å². The highest BCUT2D eigenvalue weighted by molar-refractivity contribution is 7.32. The van der Waals surface area contributed by atoms with Gasteiger partial charge < -0.3 is 14.6 Å². The summed E-state index contributed by atoms with van der Waals surface area (Å²) in [5.41, 5.74) is 0. The predicted octanol–water partition coefficient (Wildman–Crippen LogP) is 5.16. The van der Waals surface area contributed by atoms with Crippen LogP contribution in [0.15, 0.2) is 0 Å². The molecule has 0 aromatic heterocycles. The third-order valence-electron chi connectivity index (χ3n) is 5.80. The standard InChI is InChI=1S/C22H42BO6P/c1-2-3-4-5-6-7-8-9-10-11-12-13-14-15-16-17-27-21-20(29-30(25)26)19(18-24)28-22(21)23/h19-22,24H,2-18H2,1H3/p+1/t19-,20?,21+,22-/m1/s1. The lowest BCUT2D eigenvalue weighted by atomic mass is 9.93. The lowest BCUT2D eigenvalue weighted by Gasteiger charge is -2.18. The van der Waals surface area contributed by atoms with Crippen LogP contribution in [0, 0.1) is 0 Å². The van der Waals surface area contributed by atoms with Gasteiger partial charge in [0, 0.05) is 17.2 Å². The predicted molar refractivity (Wildman–Crippen MR) is 121 cm³/mol. The molecular formula is C22H43BO6P+. The summed E-state index contributed by atoms with van der Waals surface area (Å²) < 4.78 is 27.0. The van der Waals surface area contributed by atoms with Gasteiger partial charge in [-0.15, -0.1) is 9.42 Å². The van der Waals surface area contributed by atoms with Crippen LogP contribution in [0.4, 0.5) is 0 Å². The van der Waals surface area contributed by atoms with Crippen LogP contribution >= 0.6 is 8.25 Å². The average molecular weight is 445 g/mol. The Labute approximate surface area is 185 Å². The number of unbranched alkanes of at least 4 members (excludes halogenated alkanes) is 14. The highest BCUT2D eigenvalue weighted by Gasteiger charge is 2.48. The minimum atomic E-state index is -2.81. The Balaban J connectivity index is 1.94. The summed E-state index contributed by atoms with van der Waals surface area (Å²) in [7, 11) is 3.06. The van der Waals surface area contributed by atoms with E-state index in [2.05, 4.69) is 6.92 Å². The Hall–Kier alpha value is -0.0351. The number of hydrogen-bond donors (Lipinski definition) is 2. The fraction of sp³-hybridized carbons (Fsp3) is 1.00. The average Bonchev–Trinajstić information content (AvgIpc) is 3.01. The van der Waals surface area contributed by atoms with Gasteiger partial charge in [0.1, 0.15) is 20.1 Å². The second-order valence-corrected chi connectivity index (χ2v) is 9.10. The van der Waals surface area contributed by atoms with Crippen molar-refractivity contribution in [2.24, 2.45) is 0 Å². The zero-order chi connectivity index (χ0) is 22.0. The van der Waals surface area contributed by atoms with E-state index < -0.39 is 32.6 Å². The first-order valence-corrected chi connectivity index (χ1v) is 13.2. The summed E-state index contributed by atoms with van der Waals surface area (Å²) in [4.78, 5) is 9.00. The van der Waals surface area contributed by atoms with Gasteiger partial charge >= 0.3 is 8.25 Å². The lowest BCUT2D eigenvalue weighted by Crippen LogP contribution is -2.37. The largest absolute Gasteiger partial charge is 0.695 e. The van der Waals surface area contributed by atoms with E-state index in [1.165, 1.54) is 83.5 Å². The number of ether oxygens (including phenoxy) is 2. The second kappa shape index (κ2) is 18.5. The van der Waals surface area contributed by atoms with E-state index in [-0.39, 0.29) is 6.61 Å². The van der Waals surface area contributed by atoms with E-state index in [1.807, 2.05) is 0 Å². The van der Waals surface area contributed by atoms with E-state index in [0.29, 0.717) is 6.61 Å². The zero-order valence-corrected chi connectivity index (χ0v) is 19.8. The summed E-state index contributed by atoms with van der Waals surface area (Å²) in [5.74, 6) is 0. The molecular weight excluding hydrogens is 402 g/mol. The molecule has 30 heavy (non-hydrogen) atoms. The van der Waals surface area contributed by atoms with Gasteiger partial charge in [-0.2, -0.15) is 0 Å². The number of aliphatic hydroxyl groups is 1. The molecule has 174 valence electrons. The van der Waals surface area contributed by atoms with Crippen LogP contribution in [-0.2, 0) is 18.6 Å². The fourth-order valence-corrected chi connectivity index (χ4v) is 4.48. The van der Waals surface area contributed by atoms with E-state index in [4.69, 9.17) is 26.7 Å². The molecule has 0 aliphatic carbocycles. The van der Waals surface area contributed by atoms with E-state index in [9.17, 15) is 9.67 Å². The molecule has 8 heteroatoms. The maximum absolute atomic E-state index is 11.0. The van der Waals surface area contributed by atoms with Gasteiger partial charge in [-0.25, -0.2) is 0 Å². The Morgan fingerprint density at radius 2 is 1.30 bits per heavy atom. The van der Waals surface area contributed by atoms with Crippen LogP contribution in [0.2, 0.25) is 0 Å². The highest BCUT2D eigenvalue weighted by atomic mass is 31.1. The highest BCUT2D eigenvalue weighted by Crippen LogP contribution is 2.31. The van der Waals surface area contributed by atoms with Crippen LogP contribution in [0.25, 0.3) is 0 Å². The molecule has 0 saturated carbocycles. The number of rotatable bonds is 20. The summed E-state index contributed by atoms with van der Waals surface area (Å²) >= 11 is 0. The molecule has 0 spiro atoms. The third kappa shape index (κ3) is 12.7. The minimum absolute atomic E-state index is 0.333. The Morgan fingerprint density at radius 1 is 0.833 bits per heavy atom. The molecule has 2 unspecified atom stereocenters. The van der Waals surface area contributed by atoms with Crippen molar-refractivity contribution in [2.45, 2.75) is 128 Å². The lowest BCUT2D eigenvalue weighted by molar-refractivity contribution is -0.0176. The normalized spacial score (nSPS) is 24.4. The summed E-state index contributed by atoms with van der Waals surface area (Å²) in [6.45, 7) is 2.43. The maximum Gasteiger partial charge on any atom is 0.695 e. The molecule has 0 aromatic rings. The van der Waals surface area contributed by atoms with Crippen LogP contribution in [0.3, 0.4) is 0 Å². The van der Waals surface area contributed by atoms with Crippen molar-refractivity contribution in [1.82, 2.24) is 0 Å². The quantitative estimate of drug-likeness (QED) is 0.153. The van der Waals surface area contributed by atoms with Gasteiger partial charge in [0.2, 0.25) is 0 Å². The first kappa shape index (κ1) is 28.0. The smallest absolute Gasteiger partial charge is 0.394 e. The molecule has 1 aliphatic heterocycles. The van der Waals surface area contributed by atoms with Crippen molar-refractivity contribution < 1.29 is 28.6 Å². The van der Waals surface area contributed by atoms with E-state index >= 15 is 0 Å². The van der Waals surface area contributed by atoms with Crippen LogP contribution in [0.1, 0.15) is 103 Å². The molecule has 5 atom stereocenters. The van der Waals surface area contributed by atoms with Crippen molar-refractivity contribution in [3.63, 3.8) is 0 Å². The Kier molecular flexibility index (Phi) is 17.3. The number of aliphatic hydroxyl groups excluding tert-OH is 1. The van der Waals surface area contributed by atoms with Crippen molar-refractivity contribution in [3.05, 3.63) is 0 Å². The Bertz CT molecular complexity index is 428. The molecule has 0 bridgehead atoms. The van der Waals surface area contributed by atoms with Gasteiger partial charge in [-0.3, -0.25) is 0 Å². The zero-order valence-electron chi connectivity index (χ0n) is 18.9. The van der Waals surface area contributed by atoms with Crippen LogP contribution in [-0.4, -0.2) is 55.4 Å². The molecule has 1 saturated heterocycles. The number of hydrogen-bond acceptors (Lipinski definition) is 5. The SMILES string of the molecule is [B][C@@H]1O[C@H](CO)C(O[P+](=O)O)[C@@H]1OCCCCCCCCCCCCCCCCC. The summed E-state index contributed by atoms with van der Waals surface area (Å²) in [6.07, 6.45) is 17.3.